The topological polar surface area (TPSA) is 26.3 Å². The largest absolute Gasteiger partial charge is 0.435 e. The van der Waals surface area contributed by atoms with Crippen molar-refractivity contribution in [2.75, 3.05) is 0 Å². The Bertz CT molecular complexity index is 200. The standard InChI is InChI=1S/C11H18O2/c1-9(8-13-10(2)12)11-6-4-3-5-7-11/h8,11H,3-7H2,1-2H3/b9-8-. The molecular formula is C11H18O2. The molecule has 0 heterocycles. The number of carbonyl (C=O) groups is 1. The van der Waals surface area contributed by atoms with E-state index in [9.17, 15) is 4.79 Å². The molecule has 0 N–H and O–H groups in total. The smallest absolute Gasteiger partial charge is 0.307 e. The van der Waals surface area contributed by atoms with E-state index < -0.39 is 0 Å². The van der Waals surface area contributed by atoms with E-state index in [-0.39, 0.29) is 5.97 Å². The van der Waals surface area contributed by atoms with E-state index in [0.717, 1.165) is 0 Å². The van der Waals surface area contributed by atoms with Crippen molar-refractivity contribution in [3.63, 3.8) is 0 Å². The van der Waals surface area contributed by atoms with E-state index >= 15 is 0 Å². The number of allylic oxidation sites excluding steroid dienone is 1. The third-order valence-electron chi connectivity index (χ3n) is 2.66. The third kappa shape index (κ3) is 3.62. The first kappa shape index (κ1) is 10.3. The van der Waals surface area contributed by atoms with Crippen LogP contribution in [0.4, 0.5) is 0 Å². The van der Waals surface area contributed by atoms with Crippen LogP contribution < -0.4 is 0 Å². The summed E-state index contributed by atoms with van der Waals surface area (Å²) in [5.41, 5.74) is 1.22. The van der Waals surface area contributed by atoms with Crippen molar-refractivity contribution in [2.24, 2.45) is 5.92 Å². The van der Waals surface area contributed by atoms with Gasteiger partial charge in [-0.2, -0.15) is 0 Å². The molecule has 2 heteroatoms. The predicted octanol–water partition coefficient (Wildman–Crippen LogP) is 3.03. The number of hydrogen-bond donors (Lipinski definition) is 0. The average Bonchev–Trinajstić information content (AvgIpc) is 2.15. The Hall–Kier alpha value is -0.790. The van der Waals surface area contributed by atoms with Gasteiger partial charge in [-0.05, 0) is 31.3 Å². The van der Waals surface area contributed by atoms with E-state index in [1.807, 2.05) is 0 Å². The Morgan fingerprint density at radius 1 is 1.23 bits per heavy atom. The molecule has 1 aliphatic rings. The number of rotatable bonds is 2. The molecule has 1 aliphatic carbocycles. The van der Waals surface area contributed by atoms with Crippen LogP contribution in [0.5, 0.6) is 0 Å². The van der Waals surface area contributed by atoms with E-state index in [4.69, 9.17) is 4.74 Å². The molecule has 2 nitrogen and oxygen atoms in total. The molecule has 0 aromatic rings. The minimum Gasteiger partial charge on any atom is -0.435 e. The maximum Gasteiger partial charge on any atom is 0.307 e. The number of hydrogen-bond acceptors (Lipinski definition) is 2. The zero-order valence-corrected chi connectivity index (χ0v) is 8.51. The zero-order valence-electron chi connectivity index (χ0n) is 8.51. The molecule has 0 aromatic heterocycles. The lowest BCUT2D eigenvalue weighted by Gasteiger charge is -2.21. The lowest BCUT2D eigenvalue weighted by molar-refractivity contribution is -0.135. The van der Waals surface area contributed by atoms with Crippen LogP contribution in [0.2, 0.25) is 0 Å². The summed E-state index contributed by atoms with van der Waals surface area (Å²) < 4.78 is 4.86. The lowest BCUT2D eigenvalue weighted by Crippen LogP contribution is -2.08. The fraction of sp³-hybridized carbons (Fsp3) is 0.727. The number of carbonyl (C=O) groups excluding carboxylic acids is 1. The van der Waals surface area contributed by atoms with Crippen molar-refractivity contribution in [3.05, 3.63) is 11.8 Å². The van der Waals surface area contributed by atoms with Gasteiger partial charge in [0.25, 0.3) is 0 Å². The van der Waals surface area contributed by atoms with Crippen molar-refractivity contribution in [1.29, 1.82) is 0 Å². The molecule has 0 amide bonds. The highest BCUT2D eigenvalue weighted by molar-refractivity contribution is 5.66. The molecule has 0 spiro atoms. The Labute approximate surface area is 80.0 Å². The van der Waals surface area contributed by atoms with Crippen LogP contribution in [-0.4, -0.2) is 5.97 Å². The van der Waals surface area contributed by atoms with Crippen molar-refractivity contribution in [3.8, 4) is 0 Å². The van der Waals surface area contributed by atoms with Gasteiger partial charge in [0.15, 0.2) is 0 Å². The highest BCUT2D eigenvalue weighted by Gasteiger charge is 2.14. The fourth-order valence-corrected chi connectivity index (χ4v) is 1.83. The molecular weight excluding hydrogens is 164 g/mol. The van der Waals surface area contributed by atoms with Gasteiger partial charge in [0.2, 0.25) is 0 Å². The quantitative estimate of drug-likeness (QED) is 0.484. The van der Waals surface area contributed by atoms with E-state index in [1.54, 1.807) is 6.26 Å². The Balaban J connectivity index is 2.39. The first-order valence-corrected chi connectivity index (χ1v) is 5.04. The van der Waals surface area contributed by atoms with Crippen LogP contribution >= 0.6 is 0 Å². The van der Waals surface area contributed by atoms with Crippen molar-refractivity contribution in [1.82, 2.24) is 0 Å². The van der Waals surface area contributed by atoms with E-state index in [2.05, 4.69) is 6.92 Å². The summed E-state index contributed by atoms with van der Waals surface area (Å²) in [6.45, 7) is 3.49. The van der Waals surface area contributed by atoms with Crippen LogP contribution in [-0.2, 0) is 9.53 Å². The molecule has 1 saturated carbocycles. The minimum absolute atomic E-state index is 0.227. The van der Waals surface area contributed by atoms with E-state index in [1.165, 1.54) is 44.6 Å². The Kier molecular flexibility index (Phi) is 4.00. The monoisotopic (exact) mass is 182 g/mol. The summed E-state index contributed by atoms with van der Waals surface area (Å²) in [7, 11) is 0. The van der Waals surface area contributed by atoms with E-state index in [0.29, 0.717) is 5.92 Å². The normalized spacial score (nSPS) is 20.0. The van der Waals surface area contributed by atoms with Gasteiger partial charge in [0.1, 0.15) is 0 Å². The van der Waals surface area contributed by atoms with Gasteiger partial charge < -0.3 is 4.74 Å². The van der Waals surface area contributed by atoms with Crippen LogP contribution in [0.25, 0.3) is 0 Å². The predicted molar refractivity (Wildman–Crippen MR) is 52.1 cm³/mol. The second-order valence-electron chi connectivity index (χ2n) is 3.81. The molecule has 1 rings (SSSR count). The molecule has 0 saturated heterocycles. The van der Waals surface area contributed by atoms with Gasteiger partial charge in [-0.15, -0.1) is 0 Å². The molecule has 0 atom stereocenters. The van der Waals surface area contributed by atoms with Crippen LogP contribution in [0, 0.1) is 5.92 Å². The molecule has 0 aromatic carbocycles. The number of ether oxygens (including phenoxy) is 1. The first-order valence-electron chi connectivity index (χ1n) is 5.04. The molecule has 0 bridgehead atoms. The molecule has 74 valence electrons. The molecule has 1 fully saturated rings. The van der Waals surface area contributed by atoms with Crippen molar-refractivity contribution < 1.29 is 9.53 Å². The summed E-state index contributed by atoms with van der Waals surface area (Å²) in [6, 6.07) is 0. The van der Waals surface area contributed by atoms with Gasteiger partial charge in [-0.3, -0.25) is 4.79 Å². The SMILES string of the molecule is CC(=O)O/C=C(/C)C1CCCCC1. The van der Waals surface area contributed by atoms with Gasteiger partial charge in [0, 0.05) is 6.92 Å². The second kappa shape index (κ2) is 5.05. The maximum absolute atomic E-state index is 10.6. The highest BCUT2D eigenvalue weighted by atomic mass is 16.5. The average molecular weight is 182 g/mol. The highest BCUT2D eigenvalue weighted by Crippen LogP contribution is 2.29. The van der Waals surface area contributed by atoms with Crippen LogP contribution in [0.1, 0.15) is 46.0 Å². The first-order chi connectivity index (χ1) is 6.20. The minimum atomic E-state index is -0.227. The van der Waals surface area contributed by atoms with Crippen molar-refractivity contribution >= 4 is 5.97 Å². The fourth-order valence-electron chi connectivity index (χ4n) is 1.83. The van der Waals surface area contributed by atoms with Gasteiger partial charge in [-0.25, -0.2) is 0 Å². The summed E-state index contributed by atoms with van der Waals surface area (Å²) in [5.74, 6) is 0.420. The molecule has 0 unspecified atom stereocenters. The summed E-state index contributed by atoms with van der Waals surface area (Å²) >= 11 is 0. The number of esters is 1. The Morgan fingerprint density at radius 2 is 1.85 bits per heavy atom. The summed E-state index contributed by atoms with van der Waals surface area (Å²) in [4.78, 5) is 10.6. The maximum atomic E-state index is 10.6. The van der Waals surface area contributed by atoms with Crippen molar-refractivity contribution in [2.45, 2.75) is 46.0 Å². The molecule has 0 radical (unpaired) electrons. The molecule has 0 aliphatic heterocycles. The molecule has 13 heavy (non-hydrogen) atoms. The Morgan fingerprint density at radius 3 is 2.38 bits per heavy atom. The van der Waals surface area contributed by atoms with Crippen LogP contribution in [0.15, 0.2) is 11.8 Å². The summed E-state index contributed by atoms with van der Waals surface area (Å²) in [5, 5.41) is 0. The zero-order chi connectivity index (χ0) is 9.68. The lowest BCUT2D eigenvalue weighted by atomic mass is 9.85. The second-order valence-corrected chi connectivity index (χ2v) is 3.81. The third-order valence-corrected chi connectivity index (χ3v) is 2.66. The van der Waals surface area contributed by atoms with Gasteiger partial charge in [-0.1, -0.05) is 19.3 Å². The summed E-state index contributed by atoms with van der Waals surface area (Å²) in [6.07, 6.45) is 8.12. The van der Waals surface area contributed by atoms with Gasteiger partial charge >= 0.3 is 5.97 Å². The van der Waals surface area contributed by atoms with Gasteiger partial charge in [0.05, 0.1) is 6.26 Å². The van der Waals surface area contributed by atoms with Crippen LogP contribution in [0.3, 0.4) is 0 Å².